The van der Waals surface area contributed by atoms with E-state index in [0.717, 1.165) is 30.0 Å². The average molecular weight is 394 g/mol. The Morgan fingerprint density at radius 3 is 2.43 bits per heavy atom. The van der Waals surface area contributed by atoms with Gasteiger partial charge in [0.25, 0.3) is 0 Å². The van der Waals surface area contributed by atoms with Crippen molar-refractivity contribution in [1.29, 1.82) is 0 Å². The molecule has 28 heavy (non-hydrogen) atoms. The predicted octanol–water partition coefficient (Wildman–Crippen LogP) is 4.94. The van der Waals surface area contributed by atoms with Crippen LogP contribution in [-0.2, 0) is 4.79 Å². The number of hydrogen-bond acceptors (Lipinski definition) is 3. The Labute approximate surface area is 172 Å². The molecule has 1 fully saturated rings. The molecule has 1 heterocycles. The Morgan fingerprint density at radius 2 is 1.75 bits per heavy atom. The zero-order valence-electron chi connectivity index (χ0n) is 16.4. The standard InChI is InChI=1S/C23H27N3OS/c1-17(2)19-12-9-18(10-13-19)11-14-22(27)25-23(28)24-20-7-3-4-8-21(20)26-15-5-6-16-26/h3-4,7-14,17H,5-6,15-16H2,1-2H3,(H2,24,25,27,28). The van der Waals surface area contributed by atoms with Crippen LogP contribution in [0.3, 0.4) is 0 Å². The van der Waals surface area contributed by atoms with Crippen molar-refractivity contribution >= 4 is 40.7 Å². The van der Waals surface area contributed by atoms with Crippen LogP contribution in [0, 0.1) is 0 Å². The number of rotatable bonds is 5. The third kappa shape index (κ3) is 5.42. The zero-order chi connectivity index (χ0) is 19.9. The molecular weight excluding hydrogens is 366 g/mol. The highest BCUT2D eigenvalue weighted by molar-refractivity contribution is 7.80. The lowest BCUT2D eigenvalue weighted by atomic mass is 10.0. The van der Waals surface area contributed by atoms with E-state index in [0.29, 0.717) is 11.0 Å². The van der Waals surface area contributed by atoms with E-state index >= 15 is 0 Å². The summed E-state index contributed by atoms with van der Waals surface area (Å²) < 4.78 is 0. The van der Waals surface area contributed by atoms with Gasteiger partial charge in [0, 0.05) is 19.2 Å². The second kappa shape index (κ2) is 9.51. The van der Waals surface area contributed by atoms with Crippen molar-refractivity contribution in [2.24, 2.45) is 0 Å². The van der Waals surface area contributed by atoms with Gasteiger partial charge in [-0.1, -0.05) is 50.2 Å². The number of nitrogens with zero attached hydrogens (tertiary/aromatic N) is 1. The highest BCUT2D eigenvalue weighted by Crippen LogP contribution is 2.28. The third-order valence-electron chi connectivity index (χ3n) is 4.87. The molecule has 1 saturated heterocycles. The van der Waals surface area contributed by atoms with Gasteiger partial charge in [-0.2, -0.15) is 0 Å². The van der Waals surface area contributed by atoms with Gasteiger partial charge < -0.3 is 10.2 Å². The molecule has 0 saturated carbocycles. The van der Waals surface area contributed by atoms with Crippen molar-refractivity contribution in [2.45, 2.75) is 32.6 Å². The van der Waals surface area contributed by atoms with Crippen LogP contribution in [0.2, 0.25) is 0 Å². The Kier molecular flexibility index (Phi) is 6.82. The number of para-hydroxylation sites is 2. The number of nitrogens with one attached hydrogen (secondary N) is 2. The maximum atomic E-state index is 12.2. The summed E-state index contributed by atoms with van der Waals surface area (Å²) in [4.78, 5) is 14.5. The summed E-state index contributed by atoms with van der Waals surface area (Å²) in [6.07, 6.45) is 5.71. The van der Waals surface area contributed by atoms with Gasteiger partial charge in [0.05, 0.1) is 11.4 Å². The molecule has 0 aromatic heterocycles. The quantitative estimate of drug-likeness (QED) is 0.558. The van der Waals surface area contributed by atoms with Crippen LogP contribution in [0.15, 0.2) is 54.6 Å². The molecule has 0 unspecified atom stereocenters. The van der Waals surface area contributed by atoms with Crippen LogP contribution in [0.25, 0.3) is 6.08 Å². The molecule has 5 heteroatoms. The van der Waals surface area contributed by atoms with E-state index in [1.54, 1.807) is 6.08 Å². The molecule has 0 aliphatic carbocycles. The maximum Gasteiger partial charge on any atom is 0.250 e. The normalized spacial score (nSPS) is 13.9. The first-order valence-electron chi connectivity index (χ1n) is 9.77. The lowest BCUT2D eigenvalue weighted by Gasteiger charge is -2.22. The summed E-state index contributed by atoms with van der Waals surface area (Å²) in [6.45, 7) is 6.43. The van der Waals surface area contributed by atoms with Gasteiger partial charge in [-0.25, -0.2) is 0 Å². The van der Waals surface area contributed by atoms with Crippen LogP contribution in [0.1, 0.15) is 43.7 Å². The highest BCUT2D eigenvalue weighted by atomic mass is 32.1. The molecule has 2 aromatic carbocycles. The van der Waals surface area contributed by atoms with Gasteiger partial charge in [-0.05, 0) is 60.3 Å². The fraction of sp³-hybridized carbons (Fsp3) is 0.304. The Morgan fingerprint density at radius 1 is 1.07 bits per heavy atom. The number of carbonyl (C=O) groups is 1. The van der Waals surface area contributed by atoms with E-state index in [9.17, 15) is 4.79 Å². The van der Waals surface area contributed by atoms with Crippen LogP contribution in [-0.4, -0.2) is 24.1 Å². The molecule has 1 aliphatic heterocycles. The van der Waals surface area contributed by atoms with Crippen molar-refractivity contribution in [3.8, 4) is 0 Å². The number of hydrogen-bond donors (Lipinski definition) is 2. The summed E-state index contributed by atoms with van der Waals surface area (Å²) in [5.74, 6) is 0.248. The maximum absolute atomic E-state index is 12.2. The minimum absolute atomic E-state index is 0.246. The summed E-state index contributed by atoms with van der Waals surface area (Å²) in [7, 11) is 0. The number of amides is 1. The van der Waals surface area contributed by atoms with Gasteiger partial charge in [0.2, 0.25) is 5.91 Å². The summed E-state index contributed by atoms with van der Waals surface area (Å²) in [6, 6.07) is 16.3. The minimum atomic E-state index is -0.246. The Balaban J connectivity index is 1.57. The molecular formula is C23H27N3OS. The van der Waals surface area contributed by atoms with Gasteiger partial charge in [-0.3, -0.25) is 10.1 Å². The monoisotopic (exact) mass is 393 g/mol. The fourth-order valence-electron chi connectivity index (χ4n) is 3.28. The van der Waals surface area contributed by atoms with E-state index in [4.69, 9.17) is 12.2 Å². The predicted molar refractivity (Wildman–Crippen MR) is 122 cm³/mol. The summed E-state index contributed by atoms with van der Waals surface area (Å²) in [5, 5.41) is 6.18. The van der Waals surface area contributed by atoms with Crippen LogP contribution >= 0.6 is 12.2 Å². The zero-order valence-corrected chi connectivity index (χ0v) is 17.3. The van der Waals surface area contributed by atoms with Crippen LogP contribution in [0.5, 0.6) is 0 Å². The molecule has 0 spiro atoms. The Hall–Kier alpha value is -2.66. The van der Waals surface area contributed by atoms with E-state index in [1.165, 1.54) is 24.5 Å². The topological polar surface area (TPSA) is 44.4 Å². The van der Waals surface area contributed by atoms with Crippen LogP contribution < -0.4 is 15.5 Å². The molecule has 146 valence electrons. The first kappa shape index (κ1) is 20.1. The van der Waals surface area contributed by atoms with Crippen molar-refractivity contribution in [1.82, 2.24) is 5.32 Å². The van der Waals surface area contributed by atoms with Crippen molar-refractivity contribution in [3.05, 3.63) is 65.7 Å². The van der Waals surface area contributed by atoms with E-state index < -0.39 is 0 Å². The highest BCUT2D eigenvalue weighted by Gasteiger charge is 2.16. The number of anilines is 2. The second-order valence-electron chi connectivity index (χ2n) is 7.31. The molecule has 2 aromatic rings. The Bertz CT molecular complexity index is 852. The number of benzene rings is 2. The van der Waals surface area contributed by atoms with Gasteiger partial charge in [0.1, 0.15) is 0 Å². The summed E-state index contributed by atoms with van der Waals surface area (Å²) in [5.41, 5.74) is 4.31. The molecule has 0 radical (unpaired) electrons. The van der Waals surface area contributed by atoms with E-state index in [2.05, 4.69) is 47.6 Å². The molecule has 2 N–H and O–H groups in total. The molecule has 1 aliphatic rings. The molecule has 0 bridgehead atoms. The lowest BCUT2D eigenvalue weighted by molar-refractivity contribution is -0.115. The average Bonchev–Trinajstić information content (AvgIpc) is 3.21. The van der Waals surface area contributed by atoms with Crippen molar-refractivity contribution in [3.63, 3.8) is 0 Å². The number of thiocarbonyl (C=S) groups is 1. The lowest BCUT2D eigenvalue weighted by Crippen LogP contribution is -2.33. The number of carbonyl (C=O) groups excluding carboxylic acids is 1. The van der Waals surface area contributed by atoms with E-state index in [1.807, 2.05) is 30.3 Å². The van der Waals surface area contributed by atoms with Gasteiger partial charge >= 0.3 is 0 Å². The second-order valence-corrected chi connectivity index (χ2v) is 7.72. The van der Waals surface area contributed by atoms with E-state index in [-0.39, 0.29) is 5.91 Å². The van der Waals surface area contributed by atoms with Crippen molar-refractivity contribution < 1.29 is 4.79 Å². The first-order valence-corrected chi connectivity index (χ1v) is 10.2. The first-order chi connectivity index (χ1) is 13.5. The van der Waals surface area contributed by atoms with Gasteiger partial charge in [-0.15, -0.1) is 0 Å². The molecule has 4 nitrogen and oxygen atoms in total. The summed E-state index contributed by atoms with van der Waals surface area (Å²) >= 11 is 5.33. The molecule has 1 amide bonds. The molecule has 0 atom stereocenters. The van der Waals surface area contributed by atoms with Crippen LogP contribution in [0.4, 0.5) is 11.4 Å². The minimum Gasteiger partial charge on any atom is -0.370 e. The van der Waals surface area contributed by atoms with Gasteiger partial charge in [0.15, 0.2) is 5.11 Å². The molecule has 3 rings (SSSR count). The fourth-order valence-corrected chi connectivity index (χ4v) is 3.49. The third-order valence-corrected chi connectivity index (χ3v) is 5.07. The SMILES string of the molecule is CC(C)c1ccc(C=CC(=O)NC(=S)Nc2ccccc2N2CCCC2)cc1. The smallest absolute Gasteiger partial charge is 0.250 e. The largest absolute Gasteiger partial charge is 0.370 e. The van der Waals surface area contributed by atoms with Crippen molar-refractivity contribution in [2.75, 3.05) is 23.3 Å².